The Morgan fingerprint density at radius 3 is 2.67 bits per heavy atom. The molecule has 24 heavy (non-hydrogen) atoms. The highest BCUT2D eigenvalue weighted by atomic mass is 32.2. The molecule has 1 aliphatic heterocycles. The molecule has 1 aromatic carbocycles. The van der Waals surface area contributed by atoms with Gasteiger partial charge < -0.3 is 4.90 Å². The number of aromatic nitrogens is 2. The molecule has 1 fully saturated rings. The molecular formula is C17H22N4O2S. The smallest absolute Gasteiger partial charge is 0.218 e. The maximum Gasteiger partial charge on any atom is 0.218 e. The topological polar surface area (TPSA) is 66.4 Å². The highest BCUT2D eigenvalue weighted by Crippen LogP contribution is 2.34. The van der Waals surface area contributed by atoms with Gasteiger partial charge >= 0.3 is 0 Å². The summed E-state index contributed by atoms with van der Waals surface area (Å²) < 4.78 is 27.3. The molecule has 0 saturated carbocycles. The highest BCUT2D eigenvalue weighted by Gasteiger charge is 2.36. The first-order valence-corrected chi connectivity index (χ1v) is 9.61. The number of nitrogens with zero attached hydrogens (tertiary/aromatic N) is 4. The molecule has 0 bridgehead atoms. The van der Waals surface area contributed by atoms with Gasteiger partial charge in [-0.15, -0.1) is 0 Å². The predicted molar refractivity (Wildman–Crippen MR) is 94.1 cm³/mol. The van der Waals surface area contributed by atoms with Crippen LogP contribution in [0.25, 0.3) is 0 Å². The molecule has 6 nitrogen and oxygen atoms in total. The van der Waals surface area contributed by atoms with Crippen molar-refractivity contribution >= 4 is 15.8 Å². The maximum atomic E-state index is 12.9. The third-order valence-corrected chi connectivity index (χ3v) is 6.04. The second-order valence-electron chi connectivity index (χ2n) is 6.21. The van der Waals surface area contributed by atoms with E-state index in [1.165, 1.54) is 0 Å². The third kappa shape index (κ3) is 3.57. The fourth-order valence-corrected chi connectivity index (χ4v) is 4.77. The van der Waals surface area contributed by atoms with Crippen LogP contribution in [0.5, 0.6) is 0 Å². The Morgan fingerprint density at radius 1 is 1.21 bits per heavy atom. The molecule has 0 aliphatic carbocycles. The molecule has 0 spiro atoms. The summed E-state index contributed by atoms with van der Waals surface area (Å²) in [7, 11) is 0.399. The third-order valence-electron chi connectivity index (χ3n) is 4.19. The van der Waals surface area contributed by atoms with Gasteiger partial charge in [-0.3, -0.25) is 4.98 Å². The lowest BCUT2D eigenvalue weighted by Crippen LogP contribution is -2.32. The molecular weight excluding hydrogens is 324 g/mol. The SMILES string of the molecule is CN(C)c1cncc([C@H]2CCCN2S(=O)(=O)Cc2ccccc2)n1. The van der Waals surface area contributed by atoms with Crippen LogP contribution in [-0.4, -0.2) is 43.3 Å². The van der Waals surface area contributed by atoms with E-state index in [0.29, 0.717) is 6.54 Å². The monoisotopic (exact) mass is 346 g/mol. The first-order chi connectivity index (χ1) is 11.5. The average molecular weight is 346 g/mol. The zero-order chi connectivity index (χ0) is 17.2. The molecule has 1 aromatic heterocycles. The second kappa shape index (κ2) is 6.86. The lowest BCUT2D eigenvalue weighted by atomic mass is 10.2. The van der Waals surface area contributed by atoms with Crippen LogP contribution in [-0.2, 0) is 15.8 Å². The van der Waals surface area contributed by atoms with Gasteiger partial charge in [0.25, 0.3) is 0 Å². The Hall–Kier alpha value is -1.99. The van der Waals surface area contributed by atoms with Gasteiger partial charge in [0.1, 0.15) is 5.82 Å². The zero-order valence-corrected chi connectivity index (χ0v) is 14.8. The Balaban J connectivity index is 1.86. The summed E-state index contributed by atoms with van der Waals surface area (Å²) in [6.45, 7) is 0.535. The van der Waals surface area contributed by atoms with Crippen LogP contribution >= 0.6 is 0 Å². The van der Waals surface area contributed by atoms with Crippen LogP contribution in [0.15, 0.2) is 42.7 Å². The maximum absolute atomic E-state index is 12.9. The number of benzene rings is 1. The average Bonchev–Trinajstić information content (AvgIpc) is 3.06. The Kier molecular flexibility index (Phi) is 4.82. The van der Waals surface area contributed by atoms with Gasteiger partial charge in [0.2, 0.25) is 10.0 Å². The summed E-state index contributed by atoms with van der Waals surface area (Å²) in [6.07, 6.45) is 4.97. The summed E-state index contributed by atoms with van der Waals surface area (Å²) >= 11 is 0. The fraction of sp³-hybridized carbons (Fsp3) is 0.412. The molecule has 0 N–H and O–H groups in total. The number of anilines is 1. The van der Waals surface area contributed by atoms with Crippen LogP contribution in [0.2, 0.25) is 0 Å². The van der Waals surface area contributed by atoms with Crippen molar-refractivity contribution < 1.29 is 8.42 Å². The van der Waals surface area contributed by atoms with Crippen molar-refractivity contribution in [2.24, 2.45) is 0 Å². The lowest BCUT2D eigenvalue weighted by Gasteiger charge is -2.24. The molecule has 3 rings (SSSR count). The molecule has 0 unspecified atom stereocenters. The van der Waals surface area contributed by atoms with Crippen molar-refractivity contribution in [2.75, 3.05) is 25.5 Å². The van der Waals surface area contributed by atoms with Crippen molar-refractivity contribution in [3.63, 3.8) is 0 Å². The molecule has 128 valence electrons. The molecule has 2 aromatic rings. The van der Waals surface area contributed by atoms with E-state index in [0.717, 1.165) is 29.9 Å². The minimum atomic E-state index is -3.39. The molecule has 0 amide bonds. The largest absolute Gasteiger partial charge is 0.361 e. The summed E-state index contributed by atoms with van der Waals surface area (Å²) in [5.41, 5.74) is 1.52. The van der Waals surface area contributed by atoms with E-state index in [9.17, 15) is 8.42 Å². The quantitative estimate of drug-likeness (QED) is 0.830. The minimum absolute atomic E-state index is 0.0190. The molecule has 2 heterocycles. The van der Waals surface area contributed by atoms with Gasteiger partial charge in [-0.1, -0.05) is 30.3 Å². The van der Waals surface area contributed by atoms with Crippen molar-refractivity contribution in [1.82, 2.24) is 14.3 Å². The number of hydrogen-bond donors (Lipinski definition) is 0. The van der Waals surface area contributed by atoms with E-state index in [1.54, 1.807) is 16.7 Å². The van der Waals surface area contributed by atoms with E-state index < -0.39 is 10.0 Å². The van der Waals surface area contributed by atoms with Crippen molar-refractivity contribution in [1.29, 1.82) is 0 Å². The second-order valence-corrected chi connectivity index (χ2v) is 8.13. The minimum Gasteiger partial charge on any atom is -0.361 e. The normalized spacial score (nSPS) is 18.7. The van der Waals surface area contributed by atoms with Crippen LogP contribution in [0, 0.1) is 0 Å². The van der Waals surface area contributed by atoms with Gasteiger partial charge in [0, 0.05) is 20.6 Å². The highest BCUT2D eigenvalue weighted by molar-refractivity contribution is 7.88. The lowest BCUT2D eigenvalue weighted by molar-refractivity contribution is 0.389. The van der Waals surface area contributed by atoms with Gasteiger partial charge in [-0.05, 0) is 18.4 Å². The Bertz CT molecular complexity index is 793. The van der Waals surface area contributed by atoms with Crippen molar-refractivity contribution in [3.05, 3.63) is 54.0 Å². The van der Waals surface area contributed by atoms with E-state index in [2.05, 4.69) is 9.97 Å². The first-order valence-electron chi connectivity index (χ1n) is 8.00. The summed E-state index contributed by atoms with van der Waals surface area (Å²) in [4.78, 5) is 10.7. The van der Waals surface area contributed by atoms with Crippen LogP contribution in [0.1, 0.15) is 30.1 Å². The summed E-state index contributed by atoms with van der Waals surface area (Å²) in [6, 6.07) is 9.06. The van der Waals surface area contributed by atoms with Crippen molar-refractivity contribution in [2.45, 2.75) is 24.6 Å². The Morgan fingerprint density at radius 2 is 1.96 bits per heavy atom. The summed E-state index contributed by atoms with van der Waals surface area (Å²) in [5.74, 6) is 0.755. The predicted octanol–water partition coefficient (Wildman–Crippen LogP) is 2.21. The molecule has 1 aliphatic rings. The van der Waals surface area contributed by atoms with Crippen LogP contribution in [0.4, 0.5) is 5.82 Å². The van der Waals surface area contributed by atoms with E-state index >= 15 is 0 Å². The number of sulfonamides is 1. The van der Waals surface area contributed by atoms with Crippen molar-refractivity contribution in [3.8, 4) is 0 Å². The van der Waals surface area contributed by atoms with Gasteiger partial charge in [-0.2, -0.15) is 4.31 Å². The van der Waals surface area contributed by atoms with E-state index in [4.69, 9.17) is 0 Å². The Labute approximate surface area is 143 Å². The van der Waals surface area contributed by atoms with Crippen LogP contribution < -0.4 is 4.90 Å². The van der Waals surface area contributed by atoms with E-state index in [-0.39, 0.29) is 11.8 Å². The zero-order valence-electron chi connectivity index (χ0n) is 14.0. The van der Waals surface area contributed by atoms with Crippen LogP contribution in [0.3, 0.4) is 0 Å². The molecule has 1 atom stereocenters. The van der Waals surface area contributed by atoms with E-state index in [1.807, 2.05) is 49.3 Å². The molecule has 0 radical (unpaired) electrons. The van der Waals surface area contributed by atoms with Gasteiger partial charge in [0.15, 0.2) is 0 Å². The number of rotatable bonds is 5. The van der Waals surface area contributed by atoms with Gasteiger partial charge in [0.05, 0.1) is 29.9 Å². The first kappa shape index (κ1) is 16.9. The number of hydrogen-bond acceptors (Lipinski definition) is 5. The standard InChI is InChI=1S/C17H22N4O2S/c1-20(2)17-12-18-11-15(19-17)16-9-6-10-21(16)24(22,23)13-14-7-4-3-5-8-14/h3-5,7-8,11-12,16H,6,9-10,13H2,1-2H3/t16-/m1/s1. The van der Waals surface area contributed by atoms with Gasteiger partial charge in [-0.25, -0.2) is 13.4 Å². The molecule has 7 heteroatoms. The summed E-state index contributed by atoms with van der Waals surface area (Å²) in [5, 5.41) is 0. The fourth-order valence-electron chi connectivity index (χ4n) is 2.98. The molecule has 1 saturated heterocycles.